The van der Waals surface area contributed by atoms with Gasteiger partial charge in [-0.2, -0.15) is 0 Å². The molecule has 29 heavy (non-hydrogen) atoms. The third-order valence-electron chi connectivity index (χ3n) is 5.15. The molecule has 1 aliphatic rings. The zero-order valence-electron chi connectivity index (χ0n) is 16.2. The monoisotopic (exact) mass is 390 g/mol. The van der Waals surface area contributed by atoms with Gasteiger partial charge < -0.3 is 10.2 Å². The molecule has 0 radical (unpaired) electrons. The Bertz CT molecular complexity index is 1150. The molecule has 1 saturated heterocycles. The van der Waals surface area contributed by atoms with Gasteiger partial charge in [0.2, 0.25) is 11.8 Å². The summed E-state index contributed by atoms with van der Waals surface area (Å²) in [5, 5.41) is 3.40. The van der Waals surface area contributed by atoms with Gasteiger partial charge in [0.15, 0.2) is 0 Å². The predicted molar refractivity (Wildman–Crippen MR) is 112 cm³/mol. The van der Waals surface area contributed by atoms with Crippen LogP contribution in [0.2, 0.25) is 0 Å². The maximum Gasteiger partial charge on any atom is 0.261 e. The van der Waals surface area contributed by atoms with Crippen molar-refractivity contribution in [1.29, 1.82) is 0 Å². The van der Waals surface area contributed by atoms with Crippen LogP contribution in [-0.4, -0.2) is 27.9 Å². The maximum atomic E-state index is 12.6. The molecule has 0 bridgehead atoms. The van der Waals surface area contributed by atoms with Gasteiger partial charge in [0, 0.05) is 37.3 Å². The molecule has 2 heterocycles. The highest BCUT2D eigenvalue weighted by molar-refractivity contribution is 5.97. The number of aryl methyl sites for hydroxylation is 2. The van der Waals surface area contributed by atoms with Crippen molar-refractivity contribution in [2.24, 2.45) is 0 Å². The van der Waals surface area contributed by atoms with Crippen LogP contribution in [0.25, 0.3) is 10.9 Å². The molecule has 0 unspecified atom stereocenters. The van der Waals surface area contributed by atoms with Crippen molar-refractivity contribution in [2.45, 2.75) is 32.7 Å². The number of nitrogens with zero attached hydrogens (tertiary/aromatic N) is 3. The Hall–Kier alpha value is -3.48. The average Bonchev–Trinajstić information content (AvgIpc) is 3.14. The molecular weight excluding hydrogens is 368 g/mol. The van der Waals surface area contributed by atoms with Crippen LogP contribution in [0, 0.1) is 6.92 Å². The van der Waals surface area contributed by atoms with E-state index in [1.165, 1.54) is 10.9 Å². The second-order valence-corrected chi connectivity index (χ2v) is 7.21. The lowest BCUT2D eigenvalue weighted by atomic mass is 10.1. The first kappa shape index (κ1) is 18.9. The number of nitrogens with one attached hydrogen (secondary N) is 1. The lowest BCUT2D eigenvalue weighted by Crippen LogP contribution is -2.24. The highest BCUT2D eigenvalue weighted by Crippen LogP contribution is 2.24. The van der Waals surface area contributed by atoms with Crippen molar-refractivity contribution in [2.75, 3.05) is 16.8 Å². The summed E-state index contributed by atoms with van der Waals surface area (Å²) in [6.45, 7) is 2.86. The summed E-state index contributed by atoms with van der Waals surface area (Å²) < 4.78 is 1.46. The number of amides is 2. The minimum Gasteiger partial charge on any atom is -0.326 e. The lowest BCUT2D eigenvalue weighted by molar-refractivity contribution is -0.117. The normalized spacial score (nSPS) is 13.8. The highest BCUT2D eigenvalue weighted by Gasteiger charge is 2.21. The fourth-order valence-corrected chi connectivity index (χ4v) is 3.61. The predicted octanol–water partition coefficient (Wildman–Crippen LogP) is 2.86. The summed E-state index contributed by atoms with van der Waals surface area (Å²) in [6, 6.07) is 12.8. The topological polar surface area (TPSA) is 84.3 Å². The molecule has 1 N–H and O–H groups in total. The average molecular weight is 390 g/mol. The van der Waals surface area contributed by atoms with Crippen molar-refractivity contribution in [1.82, 2.24) is 9.55 Å². The molecule has 1 aromatic heterocycles. The summed E-state index contributed by atoms with van der Waals surface area (Å²) in [5.74, 6) is -0.0990. The van der Waals surface area contributed by atoms with Crippen LogP contribution in [0.3, 0.4) is 0 Å². The molecule has 2 amide bonds. The molecule has 148 valence electrons. The molecule has 4 rings (SSSR count). The van der Waals surface area contributed by atoms with Gasteiger partial charge in [-0.1, -0.05) is 18.2 Å². The SMILES string of the molecule is Cc1cccc2c(=O)n(CCC(=O)Nc3cccc(N4CCCC4=O)c3)cnc12. The zero-order chi connectivity index (χ0) is 20.4. The molecular formula is C22H22N4O3. The molecule has 7 heteroatoms. The number of benzene rings is 2. The van der Waals surface area contributed by atoms with Crippen molar-refractivity contribution >= 4 is 34.1 Å². The summed E-state index contributed by atoms with van der Waals surface area (Å²) in [6.07, 6.45) is 3.05. The van der Waals surface area contributed by atoms with E-state index in [4.69, 9.17) is 0 Å². The number of hydrogen-bond donors (Lipinski definition) is 1. The zero-order valence-corrected chi connectivity index (χ0v) is 16.2. The van der Waals surface area contributed by atoms with Gasteiger partial charge in [0.1, 0.15) is 0 Å². The number of aromatic nitrogens is 2. The minimum absolute atomic E-state index is 0.104. The van der Waals surface area contributed by atoms with E-state index in [9.17, 15) is 14.4 Å². The summed E-state index contributed by atoms with van der Waals surface area (Å²) in [7, 11) is 0. The van der Waals surface area contributed by atoms with E-state index in [2.05, 4.69) is 10.3 Å². The van der Waals surface area contributed by atoms with Gasteiger partial charge >= 0.3 is 0 Å². The van der Waals surface area contributed by atoms with E-state index >= 15 is 0 Å². The fraction of sp³-hybridized carbons (Fsp3) is 0.273. The molecule has 1 fully saturated rings. The smallest absolute Gasteiger partial charge is 0.261 e. The first-order valence-corrected chi connectivity index (χ1v) is 9.68. The van der Waals surface area contributed by atoms with E-state index < -0.39 is 0 Å². The summed E-state index contributed by atoms with van der Waals surface area (Å²) in [4.78, 5) is 43.0. The van der Waals surface area contributed by atoms with Gasteiger partial charge in [-0.05, 0) is 43.2 Å². The van der Waals surface area contributed by atoms with Crippen LogP contribution in [-0.2, 0) is 16.1 Å². The number of rotatable bonds is 5. The van der Waals surface area contributed by atoms with E-state index in [-0.39, 0.29) is 30.3 Å². The molecule has 3 aromatic rings. The molecule has 7 nitrogen and oxygen atoms in total. The standard InChI is InChI=1S/C22H22N4O3/c1-15-5-2-8-18-21(15)23-14-25(22(18)29)12-10-19(27)24-16-6-3-7-17(13-16)26-11-4-9-20(26)28/h2-3,5-8,13-14H,4,9-12H2,1H3,(H,24,27). The first-order valence-electron chi connectivity index (χ1n) is 9.68. The highest BCUT2D eigenvalue weighted by atomic mass is 16.2. The number of anilines is 2. The summed E-state index contributed by atoms with van der Waals surface area (Å²) in [5.41, 5.74) is 2.90. The first-order chi connectivity index (χ1) is 14.0. The molecule has 2 aromatic carbocycles. The Kier molecular flexibility index (Phi) is 5.12. The van der Waals surface area contributed by atoms with Crippen LogP contribution >= 0.6 is 0 Å². The summed E-state index contributed by atoms with van der Waals surface area (Å²) >= 11 is 0. The number of carbonyl (C=O) groups excluding carboxylic acids is 2. The van der Waals surface area contributed by atoms with Crippen LogP contribution in [0.5, 0.6) is 0 Å². The number of para-hydroxylation sites is 1. The van der Waals surface area contributed by atoms with E-state index in [0.29, 0.717) is 29.6 Å². The van der Waals surface area contributed by atoms with Crippen LogP contribution < -0.4 is 15.8 Å². The molecule has 0 saturated carbocycles. The van der Waals surface area contributed by atoms with E-state index in [0.717, 1.165) is 17.7 Å². The number of carbonyl (C=O) groups is 2. The van der Waals surface area contributed by atoms with Gasteiger partial charge in [0.05, 0.1) is 17.2 Å². The van der Waals surface area contributed by atoms with Gasteiger partial charge in [-0.15, -0.1) is 0 Å². The Morgan fingerprint density at radius 1 is 1.17 bits per heavy atom. The fourth-order valence-electron chi connectivity index (χ4n) is 3.61. The number of fused-ring (bicyclic) bond motifs is 1. The van der Waals surface area contributed by atoms with Crippen LogP contribution in [0.4, 0.5) is 11.4 Å². The Morgan fingerprint density at radius 2 is 2.00 bits per heavy atom. The van der Waals surface area contributed by atoms with E-state index in [1.54, 1.807) is 23.1 Å². The van der Waals surface area contributed by atoms with Crippen molar-refractivity contribution in [3.05, 3.63) is 64.7 Å². The Balaban J connectivity index is 1.43. The van der Waals surface area contributed by atoms with Crippen molar-refractivity contribution < 1.29 is 9.59 Å². The molecule has 0 aliphatic carbocycles. The lowest BCUT2D eigenvalue weighted by Gasteiger charge is -2.16. The second-order valence-electron chi connectivity index (χ2n) is 7.21. The Labute approximate surface area is 168 Å². The second kappa shape index (κ2) is 7.87. The maximum absolute atomic E-state index is 12.6. The number of hydrogen-bond acceptors (Lipinski definition) is 4. The Morgan fingerprint density at radius 3 is 2.79 bits per heavy atom. The van der Waals surface area contributed by atoms with Gasteiger partial charge in [-0.25, -0.2) is 4.98 Å². The van der Waals surface area contributed by atoms with Crippen LogP contribution in [0.1, 0.15) is 24.8 Å². The molecule has 1 aliphatic heterocycles. The van der Waals surface area contributed by atoms with Crippen molar-refractivity contribution in [3.63, 3.8) is 0 Å². The van der Waals surface area contributed by atoms with Gasteiger partial charge in [0.25, 0.3) is 5.56 Å². The molecule has 0 atom stereocenters. The van der Waals surface area contributed by atoms with Crippen molar-refractivity contribution in [3.8, 4) is 0 Å². The minimum atomic E-state index is -0.203. The van der Waals surface area contributed by atoms with Crippen LogP contribution in [0.15, 0.2) is 53.6 Å². The quantitative estimate of drug-likeness (QED) is 0.726. The van der Waals surface area contributed by atoms with E-state index in [1.807, 2.05) is 31.2 Å². The largest absolute Gasteiger partial charge is 0.326 e. The third-order valence-corrected chi connectivity index (χ3v) is 5.15. The third kappa shape index (κ3) is 3.89. The molecule has 0 spiro atoms. The van der Waals surface area contributed by atoms with Gasteiger partial charge in [-0.3, -0.25) is 19.0 Å².